The van der Waals surface area contributed by atoms with Gasteiger partial charge in [0.05, 0.1) is 0 Å². The molecular weight excluding hydrogens is 395 g/mol. The number of amides is 2. The highest BCUT2D eigenvalue weighted by Gasteiger charge is 2.27. The molecule has 6 heteroatoms. The average Bonchev–Trinajstić information content (AvgIpc) is 3.15. The van der Waals surface area contributed by atoms with Gasteiger partial charge in [0.25, 0.3) is 5.91 Å². The summed E-state index contributed by atoms with van der Waals surface area (Å²) >= 11 is 0. The maximum absolute atomic E-state index is 13.5. The first-order valence-electron chi connectivity index (χ1n) is 10.6. The molecule has 0 unspecified atom stereocenters. The van der Waals surface area contributed by atoms with Crippen molar-refractivity contribution in [2.75, 3.05) is 11.9 Å². The van der Waals surface area contributed by atoms with Crippen LogP contribution in [0.4, 0.5) is 10.1 Å². The molecule has 5 rings (SSSR count). The van der Waals surface area contributed by atoms with Crippen LogP contribution in [0.15, 0.2) is 59.0 Å². The first kappa shape index (κ1) is 19.5. The summed E-state index contributed by atoms with van der Waals surface area (Å²) in [7, 11) is 0. The second kappa shape index (κ2) is 8.02. The third kappa shape index (κ3) is 3.98. The number of carbonyl (C=O) groups excluding carboxylic acids is 2. The fourth-order valence-corrected chi connectivity index (χ4v) is 4.12. The van der Waals surface area contributed by atoms with Crippen LogP contribution in [0.5, 0.6) is 0 Å². The van der Waals surface area contributed by atoms with E-state index >= 15 is 0 Å². The fraction of sp³-hybridized carbons (Fsp3) is 0.280. The Kier molecular flexibility index (Phi) is 5.06. The monoisotopic (exact) mass is 418 g/mol. The van der Waals surface area contributed by atoms with E-state index < -0.39 is 5.82 Å². The van der Waals surface area contributed by atoms with E-state index in [9.17, 15) is 14.0 Å². The molecule has 1 aliphatic heterocycles. The molecule has 158 valence electrons. The Morgan fingerprint density at radius 1 is 1.06 bits per heavy atom. The number of carbonyl (C=O) groups is 2. The summed E-state index contributed by atoms with van der Waals surface area (Å²) in [6.45, 7) is 0.944. The lowest BCUT2D eigenvalue weighted by atomic mass is 9.85. The largest absolute Gasteiger partial charge is 0.461 e. The molecule has 2 aliphatic rings. The predicted molar refractivity (Wildman–Crippen MR) is 115 cm³/mol. The van der Waals surface area contributed by atoms with Gasteiger partial charge in [-0.2, -0.15) is 0 Å². The molecular formula is C25H23FN2O3. The molecule has 1 aromatic heterocycles. The van der Waals surface area contributed by atoms with Crippen molar-refractivity contribution in [2.24, 2.45) is 5.92 Å². The van der Waals surface area contributed by atoms with Crippen LogP contribution in [-0.2, 0) is 17.8 Å². The summed E-state index contributed by atoms with van der Waals surface area (Å²) in [4.78, 5) is 26.7. The molecule has 31 heavy (non-hydrogen) atoms. The highest BCUT2D eigenvalue weighted by atomic mass is 19.1. The Morgan fingerprint density at radius 3 is 2.68 bits per heavy atom. The Morgan fingerprint density at radius 2 is 1.90 bits per heavy atom. The van der Waals surface area contributed by atoms with E-state index in [1.165, 1.54) is 12.1 Å². The summed E-state index contributed by atoms with van der Waals surface area (Å²) in [5.74, 6) is 1.17. The number of fused-ring (bicyclic) bond motifs is 1. The lowest BCUT2D eigenvalue weighted by molar-refractivity contribution is -0.122. The Bertz CT molecular complexity index is 1150. The zero-order chi connectivity index (χ0) is 21.4. The molecule has 1 N–H and O–H groups in total. The van der Waals surface area contributed by atoms with Gasteiger partial charge in [0.2, 0.25) is 5.91 Å². The molecule has 1 aliphatic carbocycles. The molecule has 1 saturated carbocycles. The van der Waals surface area contributed by atoms with Gasteiger partial charge in [0, 0.05) is 47.8 Å². The van der Waals surface area contributed by atoms with Gasteiger partial charge in [-0.1, -0.05) is 24.6 Å². The number of rotatable bonds is 4. The summed E-state index contributed by atoms with van der Waals surface area (Å²) in [6.07, 6.45) is 3.64. The second-order valence-corrected chi connectivity index (χ2v) is 8.24. The maximum atomic E-state index is 13.5. The molecule has 0 spiro atoms. The smallest absolute Gasteiger partial charge is 0.254 e. The number of hydrogen-bond acceptors (Lipinski definition) is 3. The van der Waals surface area contributed by atoms with E-state index in [-0.39, 0.29) is 17.7 Å². The van der Waals surface area contributed by atoms with Gasteiger partial charge >= 0.3 is 0 Å². The zero-order valence-corrected chi connectivity index (χ0v) is 17.1. The van der Waals surface area contributed by atoms with Crippen LogP contribution in [0.3, 0.4) is 0 Å². The SMILES string of the molecule is O=C(Nc1cccc(-c2cc3c(o2)CCN(C(=O)c2cccc(F)c2)C3)c1)C1CCC1. The van der Waals surface area contributed by atoms with E-state index in [2.05, 4.69) is 5.32 Å². The molecule has 0 saturated heterocycles. The molecule has 2 amide bonds. The molecule has 0 atom stereocenters. The number of hydrogen-bond donors (Lipinski definition) is 1. The Labute approximate surface area is 179 Å². The molecule has 2 heterocycles. The van der Waals surface area contributed by atoms with Crippen molar-refractivity contribution in [1.29, 1.82) is 0 Å². The van der Waals surface area contributed by atoms with Gasteiger partial charge in [0.15, 0.2) is 0 Å². The van der Waals surface area contributed by atoms with Crippen molar-refractivity contribution in [3.8, 4) is 11.3 Å². The van der Waals surface area contributed by atoms with Crippen LogP contribution in [-0.4, -0.2) is 23.3 Å². The van der Waals surface area contributed by atoms with Crippen LogP contribution in [0, 0.1) is 11.7 Å². The maximum Gasteiger partial charge on any atom is 0.254 e. The lowest BCUT2D eigenvalue weighted by Gasteiger charge is -2.26. The summed E-state index contributed by atoms with van der Waals surface area (Å²) in [5, 5.41) is 3.00. The highest BCUT2D eigenvalue weighted by Crippen LogP contribution is 2.32. The number of halogens is 1. The zero-order valence-electron chi connectivity index (χ0n) is 17.1. The van der Waals surface area contributed by atoms with Crippen LogP contribution in [0.2, 0.25) is 0 Å². The van der Waals surface area contributed by atoms with Gasteiger partial charge in [-0.15, -0.1) is 0 Å². The summed E-state index contributed by atoms with van der Waals surface area (Å²) < 4.78 is 19.6. The Balaban J connectivity index is 1.32. The van der Waals surface area contributed by atoms with Crippen LogP contribution in [0.25, 0.3) is 11.3 Å². The minimum Gasteiger partial charge on any atom is -0.461 e. The quantitative estimate of drug-likeness (QED) is 0.647. The number of furan rings is 1. The predicted octanol–water partition coefficient (Wildman–Crippen LogP) is 5.02. The van der Waals surface area contributed by atoms with Gasteiger partial charge < -0.3 is 14.6 Å². The van der Waals surface area contributed by atoms with E-state index in [0.717, 1.165) is 41.8 Å². The lowest BCUT2D eigenvalue weighted by Crippen LogP contribution is -2.35. The van der Waals surface area contributed by atoms with Crippen molar-refractivity contribution in [3.05, 3.63) is 77.3 Å². The van der Waals surface area contributed by atoms with Crippen molar-refractivity contribution in [1.82, 2.24) is 4.90 Å². The van der Waals surface area contributed by atoms with Gasteiger partial charge in [0.1, 0.15) is 17.3 Å². The first-order valence-corrected chi connectivity index (χ1v) is 10.6. The number of nitrogens with one attached hydrogen (secondary N) is 1. The van der Waals surface area contributed by atoms with Gasteiger partial charge in [-0.25, -0.2) is 4.39 Å². The second-order valence-electron chi connectivity index (χ2n) is 8.24. The topological polar surface area (TPSA) is 62.6 Å². The summed E-state index contributed by atoms with van der Waals surface area (Å²) in [5.41, 5.74) is 2.94. The van der Waals surface area contributed by atoms with E-state index in [1.54, 1.807) is 17.0 Å². The average molecular weight is 418 g/mol. The third-order valence-corrected chi connectivity index (χ3v) is 6.12. The van der Waals surface area contributed by atoms with Gasteiger partial charge in [-0.05, 0) is 49.2 Å². The van der Waals surface area contributed by atoms with E-state index in [4.69, 9.17) is 4.42 Å². The molecule has 2 aromatic carbocycles. The van der Waals surface area contributed by atoms with Crippen molar-refractivity contribution in [2.45, 2.75) is 32.2 Å². The van der Waals surface area contributed by atoms with Crippen LogP contribution in [0.1, 0.15) is 40.9 Å². The van der Waals surface area contributed by atoms with Crippen LogP contribution >= 0.6 is 0 Å². The molecule has 1 fully saturated rings. The normalized spacial score (nSPS) is 15.8. The standard InChI is InChI=1S/C25H23FN2O3/c26-20-8-2-7-18(12-20)25(30)28-11-10-22-19(15-28)14-23(31-22)17-6-3-9-21(13-17)27-24(29)16-4-1-5-16/h2-3,6-9,12-14,16H,1,4-5,10-11,15H2,(H,27,29). The van der Waals surface area contributed by atoms with Crippen molar-refractivity contribution < 1.29 is 18.4 Å². The van der Waals surface area contributed by atoms with E-state index in [1.807, 2.05) is 30.3 Å². The Hall–Kier alpha value is -3.41. The van der Waals surface area contributed by atoms with Crippen molar-refractivity contribution in [3.63, 3.8) is 0 Å². The van der Waals surface area contributed by atoms with Crippen molar-refractivity contribution >= 4 is 17.5 Å². The van der Waals surface area contributed by atoms with Crippen LogP contribution < -0.4 is 5.32 Å². The minimum atomic E-state index is -0.418. The summed E-state index contributed by atoms with van der Waals surface area (Å²) in [6, 6.07) is 15.4. The molecule has 0 bridgehead atoms. The first-order chi connectivity index (χ1) is 15.1. The highest BCUT2D eigenvalue weighted by molar-refractivity contribution is 5.94. The number of anilines is 1. The fourth-order valence-electron chi connectivity index (χ4n) is 4.12. The third-order valence-electron chi connectivity index (χ3n) is 6.12. The number of nitrogens with zero attached hydrogens (tertiary/aromatic N) is 1. The number of benzene rings is 2. The molecule has 5 nitrogen and oxygen atoms in total. The van der Waals surface area contributed by atoms with Gasteiger partial charge in [-0.3, -0.25) is 9.59 Å². The molecule has 0 radical (unpaired) electrons. The molecule has 3 aromatic rings. The van der Waals surface area contributed by atoms with E-state index in [0.29, 0.717) is 30.8 Å². The minimum absolute atomic E-state index is 0.0774.